The first kappa shape index (κ1) is 16.3. The van der Waals surface area contributed by atoms with Crippen LogP contribution in [-0.4, -0.2) is 42.6 Å². The molecule has 2 fully saturated rings. The fourth-order valence-corrected chi connectivity index (χ4v) is 2.99. The average Bonchev–Trinajstić information content (AvgIpc) is 3.09. The van der Waals surface area contributed by atoms with E-state index in [0.29, 0.717) is 17.6 Å². The summed E-state index contributed by atoms with van der Waals surface area (Å²) in [5.41, 5.74) is -3.15. The standard InChI is InChI=1S/C15H12F3N3O3/c1-20-13(23)21(12(22)14(20)4-5-24-8-14)10-3-2-9(7-19)11(6-10)15(16,17)18/h2-3,6H,4-5,8H2,1H3/t14-/m1/s1. The summed E-state index contributed by atoms with van der Waals surface area (Å²) in [4.78, 5) is 27.0. The highest BCUT2D eigenvalue weighted by Gasteiger charge is 2.58. The summed E-state index contributed by atoms with van der Waals surface area (Å²) in [7, 11) is 1.42. The summed E-state index contributed by atoms with van der Waals surface area (Å²) in [6, 6.07) is 3.50. The first-order valence-electron chi connectivity index (χ1n) is 7.04. The van der Waals surface area contributed by atoms with Crippen molar-refractivity contribution in [3.05, 3.63) is 29.3 Å². The first-order valence-corrected chi connectivity index (χ1v) is 7.04. The smallest absolute Gasteiger partial charge is 0.378 e. The Bertz CT molecular complexity index is 763. The lowest BCUT2D eigenvalue weighted by Crippen LogP contribution is -2.48. The number of hydrogen-bond donors (Lipinski definition) is 0. The van der Waals surface area contributed by atoms with Gasteiger partial charge in [-0.05, 0) is 18.2 Å². The third-order valence-corrected chi connectivity index (χ3v) is 4.41. The van der Waals surface area contributed by atoms with Crippen molar-refractivity contribution in [1.82, 2.24) is 4.90 Å². The molecule has 3 rings (SSSR count). The van der Waals surface area contributed by atoms with Gasteiger partial charge < -0.3 is 9.64 Å². The number of likely N-dealkylation sites (N-methyl/N-ethyl adjacent to an activating group) is 1. The Labute approximate surface area is 135 Å². The highest BCUT2D eigenvalue weighted by molar-refractivity contribution is 6.23. The lowest BCUT2D eigenvalue weighted by molar-refractivity contribution is -0.137. The van der Waals surface area contributed by atoms with E-state index in [1.54, 1.807) is 0 Å². The largest absolute Gasteiger partial charge is 0.417 e. The average molecular weight is 339 g/mol. The first-order chi connectivity index (χ1) is 11.2. The number of alkyl halides is 3. The number of ether oxygens (including phenoxy) is 1. The van der Waals surface area contributed by atoms with Crippen LogP contribution in [0.15, 0.2) is 18.2 Å². The van der Waals surface area contributed by atoms with Gasteiger partial charge in [0.15, 0.2) is 0 Å². The topological polar surface area (TPSA) is 73.6 Å². The number of nitriles is 1. The molecular weight excluding hydrogens is 327 g/mol. The van der Waals surface area contributed by atoms with E-state index in [1.165, 1.54) is 18.0 Å². The molecule has 0 saturated carbocycles. The van der Waals surface area contributed by atoms with Crippen LogP contribution in [0.3, 0.4) is 0 Å². The van der Waals surface area contributed by atoms with E-state index < -0.39 is 34.8 Å². The molecule has 6 nitrogen and oxygen atoms in total. The number of urea groups is 1. The second-order valence-electron chi connectivity index (χ2n) is 5.66. The Balaban J connectivity index is 2.08. The summed E-state index contributed by atoms with van der Waals surface area (Å²) in [5, 5.41) is 8.83. The molecule has 1 aromatic rings. The Morgan fingerprint density at radius 2 is 2.04 bits per heavy atom. The molecule has 126 valence electrons. The van der Waals surface area contributed by atoms with Crippen molar-refractivity contribution < 1.29 is 27.5 Å². The van der Waals surface area contributed by atoms with Gasteiger partial charge in [0.05, 0.1) is 29.5 Å². The molecule has 2 aliphatic rings. The Morgan fingerprint density at radius 1 is 1.33 bits per heavy atom. The van der Waals surface area contributed by atoms with Crippen LogP contribution < -0.4 is 4.90 Å². The molecule has 0 bridgehead atoms. The van der Waals surface area contributed by atoms with Gasteiger partial charge in [0.25, 0.3) is 5.91 Å². The van der Waals surface area contributed by atoms with Gasteiger partial charge in [-0.3, -0.25) is 4.79 Å². The Hall–Kier alpha value is -2.60. The molecule has 1 aromatic carbocycles. The van der Waals surface area contributed by atoms with Crippen molar-refractivity contribution in [2.45, 2.75) is 18.1 Å². The SMILES string of the molecule is CN1C(=O)N(c2ccc(C#N)c(C(F)(F)F)c2)C(=O)[C@]12CCOC2. The maximum Gasteiger partial charge on any atom is 0.417 e. The van der Waals surface area contributed by atoms with Crippen LogP contribution in [0.25, 0.3) is 0 Å². The van der Waals surface area contributed by atoms with Crippen LogP contribution in [0.1, 0.15) is 17.5 Å². The van der Waals surface area contributed by atoms with Crippen molar-refractivity contribution >= 4 is 17.6 Å². The number of amides is 3. The third kappa shape index (κ3) is 2.14. The normalized spacial score (nSPS) is 24.1. The van der Waals surface area contributed by atoms with E-state index in [1.807, 2.05) is 0 Å². The van der Waals surface area contributed by atoms with Crippen molar-refractivity contribution in [2.75, 3.05) is 25.2 Å². The molecule has 3 amide bonds. The molecule has 9 heteroatoms. The molecule has 2 heterocycles. The molecule has 2 aliphatic heterocycles. The zero-order valence-electron chi connectivity index (χ0n) is 12.6. The lowest BCUT2D eigenvalue weighted by atomic mass is 9.97. The van der Waals surface area contributed by atoms with E-state index in [0.717, 1.165) is 12.1 Å². The molecule has 0 radical (unpaired) electrons. The maximum atomic E-state index is 13.1. The van der Waals surface area contributed by atoms with Crippen molar-refractivity contribution in [2.24, 2.45) is 0 Å². The van der Waals surface area contributed by atoms with Crippen LogP contribution >= 0.6 is 0 Å². The molecule has 2 saturated heterocycles. The lowest BCUT2D eigenvalue weighted by Gasteiger charge is -2.25. The molecule has 24 heavy (non-hydrogen) atoms. The molecule has 1 spiro atoms. The number of rotatable bonds is 1. The van der Waals surface area contributed by atoms with Crippen LogP contribution in [0, 0.1) is 11.3 Å². The van der Waals surface area contributed by atoms with Gasteiger partial charge in [-0.25, -0.2) is 9.69 Å². The van der Waals surface area contributed by atoms with Crippen LogP contribution in [0.5, 0.6) is 0 Å². The Kier molecular flexibility index (Phi) is 3.53. The van der Waals surface area contributed by atoms with Gasteiger partial charge in [0.2, 0.25) is 0 Å². The van der Waals surface area contributed by atoms with Gasteiger partial charge in [-0.15, -0.1) is 0 Å². The fraction of sp³-hybridized carbons (Fsp3) is 0.400. The van der Waals surface area contributed by atoms with E-state index in [2.05, 4.69) is 0 Å². The zero-order chi connectivity index (χ0) is 17.7. The molecule has 0 aromatic heterocycles. The number of carbonyl (C=O) groups excluding carboxylic acids is 2. The summed E-state index contributed by atoms with van der Waals surface area (Å²) in [6.07, 6.45) is -4.49. The van der Waals surface area contributed by atoms with Gasteiger partial charge in [0, 0.05) is 20.1 Å². The summed E-state index contributed by atoms with van der Waals surface area (Å²) >= 11 is 0. The molecule has 0 N–H and O–H groups in total. The molecule has 0 aliphatic carbocycles. The van der Waals surface area contributed by atoms with Gasteiger partial charge in [-0.1, -0.05) is 0 Å². The van der Waals surface area contributed by atoms with Crippen molar-refractivity contribution in [1.29, 1.82) is 5.26 Å². The van der Waals surface area contributed by atoms with E-state index in [-0.39, 0.29) is 18.7 Å². The van der Waals surface area contributed by atoms with E-state index in [4.69, 9.17) is 10.00 Å². The van der Waals surface area contributed by atoms with Crippen LogP contribution in [0.4, 0.5) is 23.7 Å². The van der Waals surface area contributed by atoms with Gasteiger partial charge in [-0.2, -0.15) is 18.4 Å². The zero-order valence-corrected chi connectivity index (χ0v) is 12.6. The highest BCUT2D eigenvalue weighted by Crippen LogP contribution is 2.39. The maximum absolute atomic E-state index is 13.1. The number of benzene rings is 1. The number of halogens is 3. The van der Waals surface area contributed by atoms with Crippen LogP contribution in [0.2, 0.25) is 0 Å². The fourth-order valence-electron chi connectivity index (χ4n) is 2.99. The molecule has 1 atom stereocenters. The highest BCUT2D eigenvalue weighted by atomic mass is 19.4. The summed E-state index contributed by atoms with van der Waals surface area (Å²) in [5.74, 6) is -0.620. The Morgan fingerprint density at radius 3 is 2.58 bits per heavy atom. The number of anilines is 1. The number of imide groups is 1. The van der Waals surface area contributed by atoms with Crippen molar-refractivity contribution in [3.8, 4) is 6.07 Å². The molecule has 0 unspecified atom stereocenters. The van der Waals surface area contributed by atoms with Gasteiger partial charge >= 0.3 is 12.2 Å². The quantitative estimate of drug-likeness (QED) is 0.735. The monoisotopic (exact) mass is 339 g/mol. The minimum Gasteiger partial charge on any atom is -0.378 e. The molecular formula is C15H12F3N3O3. The van der Waals surface area contributed by atoms with Crippen LogP contribution in [-0.2, 0) is 15.7 Å². The predicted molar refractivity (Wildman–Crippen MR) is 75.0 cm³/mol. The van der Waals surface area contributed by atoms with E-state index >= 15 is 0 Å². The van der Waals surface area contributed by atoms with Crippen molar-refractivity contribution in [3.63, 3.8) is 0 Å². The number of hydrogen-bond acceptors (Lipinski definition) is 4. The van der Waals surface area contributed by atoms with Gasteiger partial charge in [0.1, 0.15) is 5.54 Å². The van der Waals surface area contributed by atoms with E-state index in [9.17, 15) is 22.8 Å². The summed E-state index contributed by atoms with van der Waals surface area (Å²) < 4.78 is 44.5. The second kappa shape index (κ2) is 5.21. The second-order valence-corrected chi connectivity index (χ2v) is 5.66. The minimum absolute atomic E-state index is 0.00693. The number of carbonyl (C=O) groups is 2. The number of nitrogens with zero attached hydrogens (tertiary/aromatic N) is 3. The third-order valence-electron chi connectivity index (χ3n) is 4.41. The predicted octanol–water partition coefficient (Wildman–Crippen LogP) is 2.13. The minimum atomic E-state index is -4.77. The summed E-state index contributed by atoms with van der Waals surface area (Å²) in [6.45, 7) is 0.297.